The van der Waals surface area contributed by atoms with Crippen LogP contribution in [0.4, 0.5) is 0 Å². The highest BCUT2D eigenvalue weighted by Crippen LogP contribution is 2.09. The van der Waals surface area contributed by atoms with Gasteiger partial charge in [-0.3, -0.25) is 0 Å². The summed E-state index contributed by atoms with van der Waals surface area (Å²) in [5, 5.41) is 11.4. The molecule has 0 atom stereocenters. The topological polar surface area (TPSA) is 58.6 Å². The Morgan fingerprint density at radius 3 is 2.36 bits per heavy atom. The molecular formula is C11H16N2O. The van der Waals surface area contributed by atoms with Crippen LogP contribution in [0, 0.1) is 5.92 Å². The van der Waals surface area contributed by atoms with E-state index in [1.165, 1.54) is 5.56 Å². The van der Waals surface area contributed by atoms with Crippen molar-refractivity contribution in [3.8, 4) is 0 Å². The van der Waals surface area contributed by atoms with Gasteiger partial charge < -0.3 is 10.9 Å². The second-order valence-corrected chi connectivity index (χ2v) is 3.78. The number of hydrogen-bond acceptors (Lipinski definition) is 2. The van der Waals surface area contributed by atoms with Crippen LogP contribution in [0.2, 0.25) is 0 Å². The zero-order valence-electron chi connectivity index (χ0n) is 8.57. The van der Waals surface area contributed by atoms with E-state index in [9.17, 15) is 0 Å². The number of rotatable bonds is 3. The average Bonchev–Trinajstić information content (AvgIpc) is 2.17. The molecule has 3 heteroatoms. The van der Waals surface area contributed by atoms with E-state index in [-0.39, 0.29) is 5.84 Å². The first kappa shape index (κ1) is 10.6. The molecule has 0 bridgehead atoms. The molecule has 0 aliphatic carbocycles. The van der Waals surface area contributed by atoms with Gasteiger partial charge in [-0.05, 0) is 17.9 Å². The van der Waals surface area contributed by atoms with Gasteiger partial charge in [0.05, 0.1) is 0 Å². The third kappa shape index (κ3) is 2.76. The van der Waals surface area contributed by atoms with Gasteiger partial charge in [-0.25, -0.2) is 0 Å². The number of benzene rings is 1. The fourth-order valence-electron chi connectivity index (χ4n) is 1.34. The van der Waals surface area contributed by atoms with Gasteiger partial charge in [0.1, 0.15) is 0 Å². The molecule has 0 aliphatic rings. The molecule has 0 saturated carbocycles. The number of nitrogens with zero attached hydrogens (tertiary/aromatic N) is 1. The molecule has 0 heterocycles. The zero-order chi connectivity index (χ0) is 10.6. The fourth-order valence-corrected chi connectivity index (χ4v) is 1.34. The summed E-state index contributed by atoms with van der Waals surface area (Å²) < 4.78 is 0. The van der Waals surface area contributed by atoms with Crippen LogP contribution in [-0.2, 0) is 6.42 Å². The van der Waals surface area contributed by atoms with Gasteiger partial charge in [0.15, 0.2) is 5.84 Å². The number of hydrogen-bond donors (Lipinski definition) is 2. The standard InChI is InChI=1S/C11H16N2O/c1-8(2)7-9-3-5-10(6-4-9)11(12)13-14/h3-6,8,14H,7H2,1-2H3,(H2,12,13). The summed E-state index contributed by atoms with van der Waals surface area (Å²) in [4.78, 5) is 0. The zero-order valence-corrected chi connectivity index (χ0v) is 8.57. The van der Waals surface area contributed by atoms with E-state index in [0.717, 1.165) is 12.0 Å². The molecular weight excluding hydrogens is 176 g/mol. The highest BCUT2D eigenvalue weighted by Gasteiger charge is 2.00. The van der Waals surface area contributed by atoms with Crippen molar-refractivity contribution in [3.05, 3.63) is 35.4 Å². The normalized spacial score (nSPS) is 12.1. The van der Waals surface area contributed by atoms with Gasteiger partial charge in [-0.1, -0.05) is 43.3 Å². The Hall–Kier alpha value is -1.51. The molecule has 0 aliphatic heterocycles. The Morgan fingerprint density at radius 2 is 1.93 bits per heavy atom. The predicted octanol–water partition coefficient (Wildman–Crippen LogP) is 1.98. The monoisotopic (exact) mass is 192 g/mol. The lowest BCUT2D eigenvalue weighted by molar-refractivity contribution is 0.318. The summed E-state index contributed by atoms with van der Waals surface area (Å²) in [6.07, 6.45) is 1.05. The van der Waals surface area contributed by atoms with Crippen molar-refractivity contribution in [1.82, 2.24) is 0 Å². The van der Waals surface area contributed by atoms with Crippen LogP contribution in [0.1, 0.15) is 25.0 Å². The van der Waals surface area contributed by atoms with Crippen LogP contribution >= 0.6 is 0 Å². The van der Waals surface area contributed by atoms with Crippen molar-refractivity contribution in [2.45, 2.75) is 20.3 Å². The average molecular weight is 192 g/mol. The van der Waals surface area contributed by atoms with E-state index >= 15 is 0 Å². The molecule has 0 aromatic heterocycles. The largest absolute Gasteiger partial charge is 0.409 e. The molecule has 0 saturated heterocycles. The smallest absolute Gasteiger partial charge is 0.170 e. The van der Waals surface area contributed by atoms with Gasteiger partial charge in [0.2, 0.25) is 0 Å². The molecule has 1 rings (SSSR count). The molecule has 0 radical (unpaired) electrons. The first-order valence-electron chi connectivity index (χ1n) is 4.70. The van der Waals surface area contributed by atoms with E-state index < -0.39 is 0 Å². The van der Waals surface area contributed by atoms with E-state index in [2.05, 4.69) is 19.0 Å². The van der Waals surface area contributed by atoms with Crippen molar-refractivity contribution in [2.75, 3.05) is 0 Å². The molecule has 1 aromatic rings. The second-order valence-electron chi connectivity index (χ2n) is 3.78. The molecule has 0 spiro atoms. The third-order valence-corrected chi connectivity index (χ3v) is 2.00. The predicted molar refractivity (Wildman–Crippen MR) is 57.5 cm³/mol. The fraction of sp³-hybridized carbons (Fsp3) is 0.364. The maximum absolute atomic E-state index is 8.47. The van der Waals surface area contributed by atoms with Crippen LogP contribution in [0.3, 0.4) is 0 Å². The number of nitrogens with two attached hydrogens (primary N) is 1. The first-order chi connectivity index (χ1) is 6.63. The highest BCUT2D eigenvalue weighted by molar-refractivity contribution is 5.96. The van der Waals surface area contributed by atoms with Crippen molar-refractivity contribution < 1.29 is 5.21 Å². The SMILES string of the molecule is CC(C)Cc1ccc(/C(N)=N/O)cc1. The lowest BCUT2D eigenvalue weighted by Crippen LogP contribution is -2.12. The number of amidine groups is 1. The van der Waals surface area contributed by atoms with E-state index in [0.29, 0.717) is 5.92 Å². The van der Waals surface area contributed by atoms with Crippen molar-refractivity contribution >= 4 is 5.84 Å². The second kappa shape index (κ2) is 4.65. The lowest BCUT2D eigenvalue weighted by Gasteiger charge is -2.05. The van der Waals surface area contributed by atoms with Gasteiger partial charge in [0, 0.05) is 5.56 Å². The Labute approximate surface area is 84.2 Å². The highest BCUT2D eigenvalue weighted by atomic mass is 16.4. The minimum Gasteiger partial charge on any atom is -0.409 e. The van der Waals surface area contributed by atoms with Crippen LogP contribution in [0.15, 0.2) is 29.4 Å². The Bertz CT molecular complexity index is 315. The van der Waals surface area contributed by atoms with Gasteiger partial charge in [-0.2, -0.15) is 0 Å². The van der Waals surface area contributed by atoms with E-state index in [1.807, 2.05) is 24.3 Å². The quantitative estimate of drug-likeness (QED) is 0.333. The van der Waals surface area contributed by atoms with Crippen molar-refractivity contribution in [3.63, 3.8) is 0 Å². The minimum absolute atomic E-state index is 0.154. The van der Waals surface area contributed by atoms with Crippen molar-refractivity contribution in [2.24, 2.45) is 16.8 Å². The van der Waals surface area contributed by atoms with Crippen LogP contribution in [0.25, 0.3) is 0 Å². The van der Waals surface area contributed by atoms with Crippen molar-refractivity contribution in [1.29, 1.82) is 0 Å². The Kier molecular flexibility index (Phi) is 3.51. The molecule has 3 N–H and O–H groups in total. The van der Waals surface area contributed by atoms with Gasteiger partial charge in [0.25, 0.3) is 0 Å². The van der Waals surface area contributed by atoms with Gasteiger partial charge >= 0.3 is 0 Å². The maximum atomic E-state index is 8.47. The number of oxime groups is 1. The maximum Gasteiger partial charge on any atom is 0.170 e. The Balaban J connectivity index is 2.78. The molecule has 0 fully saturated rings. The van der Waals surface area contributed by atoms with Gasteiger partial charge in [-0.15, -0.1) is 0 Å². The molecule has 0 unspecified atom stereocenters. The molecule has 76 valence electrons. The first-order valence-corrected chi connectivity index (χ1v) is 4.70. The molecule has 1 aromatic carbocycles. The Morgan fingerprint density at radius 1 is 1.36 bits per heavy atom. The molecule has 14 heavy (non-hydrogen) atoms. The summed E-state index contributed by atoms with van der Waals surface area (Å²) in [6, 6.07) is 7.75. The van der Waals surface area contributed by atoms with Crippen LogP contribution in [-0.4, -0.2) is 11.0 Å². The van der Waals surface area contributed by atoms with E-state index in [4.69, 9.17) is 10.9 Å². The summed E-state index contributed by atoms with van der Waals surface area (Å²) in [6.45, 7) is 4.36. The van der Waals surface area contributed by atoms with E-state index in [1.54, 1.807) is 0 Å². The minimum atomic E-state index is 0.154. The summed E-state index contributed by atoms with van der Waals surface area (Å²) in [7, 11) is 0. The summed E-state index contributed by atoms with van der Waals surface area (Å²) >= 11 is 0. The third-order valence-electron chi connectivity index (χ3n) is 2.00. The van der Waals surface area contributed by atoms with Crippen LogP contribution < -0.4 is 5.73 Å². The molecule has 0 amide bonds. The lowest BCUT2D eigenvalue weighted by atomic mass is 10.0. The van der Waals surface area contributed by atoms with Crippen LogP contribution in [0.5, 0.6) is 0 Å². The summed E-state index contributed by atoms with van der Waals surface area (Å²) in [5.74, 6) is 0.797. The molecule has 3 nitrogen and oxygen atoms in total. The summed E-state index contributed by atoms with van der Waals surface area (Å²) in [5.41, 5.74) is 7.47.